The molecule has 0 spiro atoms. The Labute approximate surface area is 104 Å². The average molecular weight is 271 g/mol. The van der Waals surface area contributed by atoms with E-state index in [1.54, 1.807) is 0 Å². The topological polar surface area (TPSA) is 67.5 Å². The second kappa shape index (κ2) is 3.69. The second-order valence-corrected chi connectivity index (χ2v) is 4.44. The normalized spacial score (nSPS) is 15.9. The van der Waals surface area contributed by atoms with Gasteiger partial charge in [-0.2, -0.15) is 18.3 Å². The fourth-order valence-corrected chi connectivity index (χ4v) is 1.97. The van der Waals surface area contributed by atoms with Crippen LogP contribution in [0.5, 0.6) is 0 Å². The minimum Gasteiger partial charge on any atom is -0.477 e. The molecule has 0 atom stereocenters. The van der Waals surface area contributed by atoms with Crippen LogP contribution in [0, 0.1) is 0 Å². The maximum atomic E-state index is 12.9. The Morgan fingerprint density at radius 3 is 2.63 bits per heavy atom. The number of hydrogen-bond acceptors (Lipinski definition) is 3. The molecule has 2 heterocycles. The van der Waals surface area contributed by atoms with Gasteiger partial charge in [0.05, 0.1) is 6.20 Å². The highest BCUT2D eigenvalue weighted by Gasteiger charge is 2.37. The van der Waals surface area contributed by atoms with E-state index in [0.717, 1.165) is 12.8 Å². The first-order chi connectivity index (χ1) is 8.88. The molecule has 1 N–H and O–H groups in total. The van der Waals surface area contributed by atoms with Crippen molar-refractivity contribution in [2.24, 2.45) is 0 Å². The summed E-state index contributed by atoms with van der Waals surface area (Å²) in [5.74, 6) is -1.36. The van der Waals surface area contributed by atoms with Crippen LogP contribution in [-0.2, 0) is 6.18 Å². The van der Waals surface area contributed by atoms with E-state index in [9.17, 15) is 18.0 Å². The standard InChI is InChI=1S/C11H8F3N3O2/c12-11(13,14)8-3-7(10(18)19)16-9-6(5-1-2-5)4-15-17(8)9/h3-5H,1-2H2,(H,18,19). The maximum Gasteiger partial charge on any atom is 0.433 e. The first kappa shape index (κ1) is 11.9. The summed E-state index contributed by atoms with van der Waals surface area (Å²) in [4.78, 5) is 14.7. The third kappa shape index (κ3) is 1.92. The van der Waals surface area contributed by atoms with Crippen molar-refractivity contribution in [1.29, 1.82) is 0 Å². The van der Waals surface area contributed by atoms with Gasteiger partial charge in [0.1, 0.15) is 0 Å². The number of halogens is 3. The molecule has 2 aromatic heterocycles. The van der Waals surface area contributed by atoms with Crippen LogP contribution in [0.4, 0.5) is 13.2 Å². The highest BCUT2D eigenvalue weighted by Crippen LogP contribution is 2.42. The van der Waals surface area contributed by atoms with Crippen molar-refractivity contribution in [3.05, 3.63) is 29.2 Å². The third-order valence-electron chi connectivity index (χ3n) is 3.03. The average Bonchev–Trinajstić information content (AvgIpc) is 3.06. The molecule has 1 aliphatic rings. The summed E-state index contributed by atoms with van der Waals surface area (Å²) in [6.45, 7) is 0. The summed E-state index contributed by atoms with van der Waals surface area (Å²) < 4.78 is 39.4. The smallest absolute Gasteiger partial charge is 0.433 e. The number of fused-ring (bicyclic) bond motifs is 1. The minimum atomic E-state index is -4.68. The Bertz CT molecular complexity index is 674. The third-order valence-corrected chi connectivity index (χ3v) is 3.03. The highest BCUT2D eigenvalue weighted by atomic mass is 19.4. The zero-order valence-electron chi connectivity index (χ0n) is 9.48. The summed E-state index contributed by atoms with van der Waals surface area (Å²) in [5.41, 5.74) is -1.19. The van der Waals surface area contributed by atoms with Crippen molar-refractivity contribution >= 4 is 11.6 Å². The molecular formula is C11H8F3N3O2. The van der Waals surface area contributed by atoms with E-state index in [1.165, 1.54) is 6.20 Å². The molecule has 100 valence electrons. The first-order valence-electron chi connectivity index (χ1n) is 5.57. The van der Waals surface area contributed by atoms with Crippen LogP contribution in [0.1, 0.15) is 40.5 Å². The molecule has 0 unspecified atom stereocenters. The van der Waals surface area contributed by atoms with Gasteiger partial charge in [-0.15, -0.1) is 0 Å². The predicted octanol–water partition coefficient (Wildman–Crippen LogP) is 2.32. The van der Waals surface area contributed by atoms with Crippen molar-refractivity contribution in [2.75, 3.05) is 0 Å². The van der Waals surface area contributed by atoms with Gasteiger partial charge in [0, 0.05) is 11.6 Å². The zero-order chi connectivity index (χ0) is 13.8. The molecule has 19 heavy (non-hydrogen) atoms. The highest BCUT2D eigenvalue weighted by molar-refractivity contribution is 5.86. The molecule has 5 nitrogen and oxygen atoms in total. The Morgan fingerprint density at radius 2 is 2.11 bits per heavy atom. The summed E-state index contributed by atoms with van der Waals surface area (Å²) in [6, 6.07) is 0.499. The van der Waals surface area contributed by atoms with Crippen molar-refractivity contribution in [2.45, 2.75) is 24.9 Å². The molecule has 8 heteroatoms. The van der Waals surface area contributed by atoms with Gasteiger partial charge in [-0.3, -0.25) is 0 Å². The number of aromatic carboxylic acids is 1. The van der Waals surface area contributed by atoms with Gasteiger partial charge in [0.15, 0.2) is 17.0 Å². The van der Waals surface area contributed by atoms with Gasteiger partial charge < -0.3 is 5.11 Å². The lowest BCUT2D eigenvalue weighted by atomic mass is 10.2. The summed E-state index contributed by atoms with van der Waals surface area (Å²) in [6.07, 6.45) is -1.62. The number of carboxylic acids is 1. The quantitative estimate of drug-likeness (QED) is 0.910. The Kier molecular flexibility index (Phi) is 2.32. The number of rotatable bonds is 2. The van der Waals surface area contributed by atoms with E-state index in [0.29, 0.717) is 16.1 Å². The second-order valence-electron chi connectivity index (χ2n) is 4.44. The monoisotopic (exact) mass is 271 g/mol. The Hall–Kier alpha value is -2.12. The molecule has 0 saturated heterocycles. The number of alkyl halides is 3. The predicted molar refractivity (Wildman–Crippen MR) is 56.9 cm³/mol. The van der Waals surface area contributed by atoms with Gasteiger partial charge in [-0.05, 0) is 18.8 Å². The Balaban J connectivity index is 2.31. The largest absolute Gasteiger partial charge is 0.477 e. The van der Waals surface area contributed by atoms with Gasteiger partial charge in [-0.25, -0.2) is 14.3 Å². The lowest BCUT2D eigenvalue weighted by Crippen LogP contribution is -2.16. The minimum absolute atomic E-state index is 0.0188. The van der Waals surface area contributed by atoms with Gasteiger partial charge >= 0.3 is 12.1 Å². The van der Waals surface area contributed by atoms with E-state index in [2.05, 4.69) is 10.1 Å². The van der Waals surface area contributed by atoms with Gasteiger partial charge in [-0.1, -0.05) is 0 Å². The van der Waals surface area contributed by atoms with Crippen LogP contribution < -0.4 is 0 Å². The lowest BCUT2D eigenvalue weighted by Gasteiger charge is -2.09. The van der Waals surface area contributed by atoms with Crippen molar-refractivity contribution in [3.63, 3.8) is 0 Å². The number of carboxylic acid groups (broad SMARTS) is 1. The number of nitrogens with zero attached hydrogens (tertiary/aromatic N) is 3. The summed E-state index contributed by atoms with van der Waals surface area (Å²) >= 11 is 0. The number of carbonyl (C=O) groups is 1. The lowest BCUT2D eigenvalue weighted by molar-refractivity contribution is -0.142. The van der Waals surface area contributed by atoms with Crippen molar-refractivity contribution < 1.29 is 23.1 Å². The van der Waals surface area contributed by atoms with Crippen LogP contribution in [0.15, 0.2) is 12.3 Å². The van der Waals surface area contributed by atoms with Crippen LogP contribution in [-0.4, -0.2) is 25.7 Å². The molecule has 0 radical (unpaired) electrons. The fourth-order valence-electron chi connectivity index (χ4n) is 1.97. The van der Waals surface area contributed by atoms with Crippen molar-refractivity contribution in [1.82, 2.24) is 14.6 Å². The molecule has 0 aromatic carbocycles. The number of aromatic nitrogens is 3. The van der Waals surface area contributed by atoms with Gasteiger partial charge in [0.25, 0.3) is 0 Å². The number of hydrogen-bond donors (Lipinski definition) is 1. The first-order valence-corrected chi connectivity index (χ1v) is 5.57. The van der Waals surface area contributed by atoms with E-state index in [1.807, 2.05) is 0 Å². The fraction of sp³-hybridized carbons (Fsp3) is 0.364. The molecule has 1 saturated carbocycles. The zero-order valence-corrected chi connectivity index (χ0v) is 9.48. The van der Waals surface area contributed by atoms with Crippen LogP contribution in [0.2, 0.25) is 0 Å². The maximum absolute atomic E-state index is 12.9. The molecule has 0 amide bonds. The van der Waals surface area contributed by atoms with E-state index < -0.39 is 23.5 Å². The molecule has 1 aliphatic carbocycles. The summed E-state index contributed by atoms with van der Waals surface area (Å²) in [7, 11) is 0. The van der Waals surface area contributed by atoms with Gasteiger partial charge in [0.2, 0.25) is 0 Å². The van der Waals surface area contributed by atoms with Crippen LogP contribution in [0.3, 0.4) is 0 Å². The molecule has 2 aromatic rings. The van der Waals surface area contributed by atoms with Crippen molar-refractivity contribution in [3.8, 4) is 0 Å². The van der Waals surface area contributed by atoms with E-state index >= 15 is 0 Å². The molecule has 0 aliphatic heterocycles. The Morgan fingerprint density at radius 1 is 1.42 bits per heavy atom. The van der Waals surface area contributed by atoms with E-state index in [4.69, 9.17) is 5.11 Å². The van der Waals surface area contributed by atoms with E-state index in [-0.39, 0.29) is 11.6 Å². The molecule has 1 fully saturated rings. The van der Waals surface area contributed by atoms with Crippen LogP contribution in [0.25, 0.3) is 5.65 Å². The molecule has 3 rings (SSSR count). The summed E-state index contributed by atoms with van der Waals surface area (Å²) in [5, 5.41) is 12.5. The SMILES string of the molecule is O=C(O)c1cc(C(F)(F)F)n2ncc(C3CC3)c2n1. The molecule has 0 bridgehead atoms. The van der Waals surface area contributed by atoms with Crippen LogP contribution >= 0.6 is 0 Å². The molecular weight excluding hydrogens is 263 g/mol.